The van der Waals surface area contributed by atoms with Crippen LogP contribution in [0.15, 0.2) is 42.6 Å². The number of aryl methyl sites for hydroxylation is 2. The Labute approximate surface area is 246 Å². The second kappa shape index (κ2) is 12.6. The molecule has 0 spiro atoms. The molecule has 2 N–H and O–H groups in total. The van der Waals surface area contributed by atoms with Gasteiger partial charge < -0.3 is 24.5 Å². The van der Waals surface area contributed by atoms with E-state index in [9.17, 15) is 31.5 Å². The Morgan fingerprint density at radius 3 is 2.45 bits per heavy atom. The van der Waals surface area contributed by atoms with Crippen LogP contribution in [0.4, 0.5) is 22.0 Å². The Kier molecular flexibility index (Phi) is 9.31. The lowest BCUT2D eigenvalue weighted by Crippen LogP contribution is -2.34. The average molecular weight is 632 g/mol. The van der Waals surface area contributed by atoms with Gasteiger partial charge in [0.1, 0.15) is 30.4 Å². The van der Waals surface area contributed by atoms with Gasteiger partial charge in [0, 0.05) is 44.3 Å². The van der Waals surface area contributed by atoms with Gasteiger partial charge in [0.2, 0.25) is 0 Å². The maximum absolute atomic E-state index is 12.9. The molecule has 2 heterocycles. The molecule has 2 aromatic heterocycles. The molecule has 8 nitrogen and oxygen atoms in total. The molecule has 42 heavy (non-hydrogen) atoms. The van der Waals surface area contributed by atoms with Crippen LogP contribution in [0.5, 0.6) is 5.75 Å². The largest absolute Gasteiger partial charge is 0.487 e. The van der Waals surface area contributed by atoms with Gasteiger partial charge in [-0.3, -0.25) is 9.59 Å². The van der Waals surface area contributed by atoms with Gasteiger partial charge >= 0.3 is 6.18 Å². The van der Waals surface area contributed by atoms with Crippen LogP contribution in [0.1, 0.15) is 37.8 Å². The molecule has 0 radical (unpaired) electrons. The van der Waals surface area contributed by atoms with Crippen molar-refractivity contribution in [2.75, 3.05) is 13.2 Å². The van der Waals surface area contributed by atoms with Crippen molar-refractivity contribution in [1.82, 2.24) is 24.8 Å². The summed E-state index contributed by atoms with van der Waals surface area (Å²) in [6, 6.07) is 9.14. The Balaban J connectivity index is 1.64. The summed E-state index contributed by atoms with van der Waals surface area (Å²) in [6.07, 6.45) is -5.74. The Morgan fingerprint density at radius 1 is 1.07 bits per heavy atom. The second-order valence-electron chi connectivity index (χ2n) is 9.29. The van der Waals surface area contributed by atoms with Crippen LogP contribution in [0, 0.1) is 0 Å². The Bertz CT molecular complexity index is 1630. The molecule has 0 unspecified atom stereocenters. The third kappa shape index (κ3) is 7.13. The molecule has 0 aliphatic heterocycles. The minimum absolute atomic E-state index is 0.0886. The number of nitrogens with one attached hydrogen (secondary N) is 2. The number of carbonyl (C=O) groups excluding carboxylic acids is 2. The molecular weight excluding hydrogens is 608 g/mol. The van der Waals surface area contributed by atoms with Crippen molar-refractivity contribution in [3.63, 3.8) is 0 Å². The van der Waals surface area contributed by atoms with Crippen LogP contribution >= 0.6 is 23.2 Å². The number of benzene rings is 2. The fourth-order valence-corrected chi connectivity index (χ4v) is 4.79. The first-order valence-electron chi connectivity index (χ1n) is 12.4. The van der Waals surface area contributed by atoms with Crippen molar-refractivity contribution in [2.45, 2.75) is 25.6 Å². The fraction of sp³-hybridized carbons (Fsp3) is 0.296. The minimum atomic E-state index is -4.68. The van der Waals surface area contributed by atoms with Crippen molar-refractivity contribution in [2.24, 2.45) is 14.1 Å². The van der Waals surface area contributed by atoms with E-state index in [0.717, 1.165) is 0 Å². The number of amides is 2. The lowest BCUT2D eigenvalue weighted by molar-refractivity contribution is -0.123. The topological polar surface area (TPSA) is 90.2 Å². The van der Waals surface area contributed by atoms with Crippen molar-refractivity contribution in [3.05, 3.63) is 80.8 Å². The van der Waals surface area contributed by atoms with E-state index < -0.39 is 31.7 Å². The summed E-state index contributed by atoms with van der Waals surface area (Å²) in [5.41, 5.74) is 1.71. The maximum Gasteiger partial charge on any atom is 0.405 e. The normalized spacial score (nSPS) is 11.8. The van der Waals surface area contributed by atoms with E-state index in [-0.39, 0.29) is 40.7 Å². The van der Waals surface area contributed by atoms with Crippen LogP contribution in [0.2, 0.25) is 10.0 Å². The summed E-state index contributed by atoms with van der Waals surface area (Å²) in [6.45, 7) is -2.59. The highest BCUT2D eigenvalue weighted by atomic mass is 35.5. The molecule has 0 fully saturated rings. The number of halogens is 7. The third-order valence-electron chi connectivity index (χ3n) is 6.35. The molecular formula is C27H24Cl2F5N5O3. The Hall–Kier alpha value is -3.84. The third-order valence-corrected chi connectivity index (χ3v) is 7.18. The molecule has 0 saturated heterocycles. The number of nitrogens with zero attached hydrogens (tertiary/aromatic N) is 3. The molecule has 4 rings (SSSR count). The first-order valence-corrected chi connectivity index (χ1v) is 13.1. The highest BCUT2D eigenvalue weighted by Crippen LogP contribution is 2.32. The number of carbonyl (C=O) groups is 2. The van der Waals surface area contributed by atoms with Crippen LogP contribution < -0.4 is 15.4 Å². The monoisotopic (exact) mass is 631 g/mol. The zero-order valence-electron chi connectivity index (χ0n) is 22.2. The molecule has 0 bridgehead atoms. The first kappa shape index (κ1) is 31.1. The highest BCUT2D eigenvalue weighted by Gasteiger charge is 2.29. The van der Waals surface area contributed by atoms with Gasteiger partial charge in [0.05, 0.1) is 21.6 Å². The lowest BCUT2D eigenvalue weighted by atomic mass is 10.1. The molecule has 0 atom stereocenters. The predicted octanol–water partition coefficient (Wildman–Crippen LogP) is 5.68. The summed E-state index contributed by atoms with van der Waals surface area (Å²) in [4.78, 5) is 29.6. The lowest BCUT2D eigenvalue weighted by Gasteiger charge is -2.14. The summed E-state index contributed by atoms with van der Waals surface area (Å²) in [7, 11) is 3.36. The van der Waals surface area contributed by atoms with Gasteiger partial charge in [-0.1, -0.05) is 29.3 Å². The van der Waals surface area contributed by atoms with Crippen LogP contribution in [-0.4, -0.2) is 51.7 Å². The zero-order chi connectivity index (χ0) is 30.8. The van der Waals surface area contributed by atoms with E-state index in [4.69, 9.17) is 27.9 Å². The van der Waals surface area contributed by atoms with Gasteiger partial charge in [-0.05, 0) is 35.4 Å². The van der Waals surface area contributed by atoms with Gasteiger partial charge in [-0.15, -0.1) is 0 Å². The molecule has 2 amide bonds. The molecule has 2 aromatic carbocycles. The van der Waals surface area contributed by atoms with Gasteiger partial charge in [-0.25, -0.2) is 13.8 Å². The predicted molar refractivity (Wildman–Crippen MR) is 146 cm³/mol. The number of aromatic nitrogens is 3. The maximum atomic E-state index is 12.9. The number of hydrogen-bond donors (Lipinski definition) is 2. The molecule has 0 aliphatic rings. The quantitative estimate of drug-likeness (QED) is 0.221. The summed E-state index contributed by atoms with van der Waals surface area (Å²) < 4.78 is 72.0. The van der Waals surface area contributed by atoms with E-state index in [1.807, 2.05) is 0 Å². The number of hydrogen-bond acceptors (Lipinski definition) is 4. The molecule has 4 aromatic rings. The smallest absolute Gasteiger partial charge is 0.405 e. The Morgan fingerprint density at radius 2 is 1.81 bits per heavy atom. The fourth-order valence-electron chi connectivity index (χ4n) is 4.22. The highest BCUT2D eigenvalue weighted by molar-refractivity contribution is 6.36. The summed E-state index contributed by atoms with van der Waals surface area (Å²) >= 11 is 13.1. The number of imidazole rings is 1. The molecule has 15 heteroatoms. The molecule has 0 aliphatic carbocycles. The van der Waals surface area contributed by atoms with E-state index in [0.29, 0.717) is 33.2 Å². The standard InChI is InChI=1S/C27H24Cl2F5N5O3/c1-38-7-3-4-19(38)26(41)35-11-14-5-6-17(28)15(24(14)29)9-23-37-18-8-16(25(40)36-13-27(32,33)34)21(42-12-22(30)31)10-20(18)39(23)2/h3-8,10,22H,9,11-13H2,1-2H3,(H,35,41)(H,36,40). The van der Waals surface area contributed by atoms with Crippen LogP contribution in [-0.2, 0) is 27.1 Å². The van der Waals surface area contributed by atoms with Crippen molar-refractivity contribution >= 4 is 46.0 Å². The van der Waals surface area contributed by atoms with Gasteiger partial charge in [0.25, 0.3) is 18.2 Å². The number of alkyl halides is 5. The van der Waals surface area contributed by atoms with E-state index in [2.05, 4.69) is 10.3 Å². The van der Waals surface area contributed by atoms with Crippen LogP contribution in [0.25, 0.3) is 11.0 Å². The molecule has 0 saturated carbocycles. The summed E-state index contributed by atoms with van der Waals surface area (Å²) in [5.74, 6) is -1.40. The van der Waals surface area contributed by atoms with E-state index in [1.165, 1.54) is 12.1 Å². The van der Waals surface area contributed by atoms with Crippen molar-refractivity contribution in [1.29, 1.82) is 0 Å². The van der Waals surface area contributed by atoms with Crippen molar-refractivity contribution in [3.8, 4) is 5.75 Å². The number of fused-ring (bicyclic) bond motifs is 1. The van der Waals surface area contributed by atoms with E-state index >= 15 is 0 Å². The average Bonchev–Trinajstić information content (AvgIpc) is 3.49. The van der Waals surface area contributed by atoms with Gasteiger partial charge in [0.15, 0.2) is 0 Å². The van der Waals surface area contributed by atoms with Crippen molar-refractivity contribution < 1.29 is 36.3 Å². The molecule has 224 valence electrons. The number of ether oxygens (including phenoxy) is 1. The second-order valence-corrected chi connectivity index (χ2v) is 10.1. The van der Waals surface area contributed by atoms with E-state index in [1.54, 1.807) is 59.0 Å². The SMILES string of the molecule is Cn1cccc1C(=O)NCc1ccc(Cl)c(Cc2nc3cc(C(=O)NCC(F)(F)F)c(OCC(F)F)cc3n2C)c1Cl. The zero-order valence-corrected chi connectivity index (χ0v) is 23.7. The van der Waals surface area contributed by atoms with Gasteiger partial charge in [-0.2, -0.15) is 13.2 Å². The summed E-state index contributed by atoms with van der Waals surface area (Å²) in [5, 5.41) is 5.12. The van der Waals surface area contributed by atoms with Crippen LogP contribution in [0.3, 0.4) is 0 Å². The minimum Gasteiger partial charge on any atom is -0.487 e. The first-order chi connectivity index (χ1) is 19.7. The number of rotatable bonds is 10.